The lowest BCUT2D eigenvalue weighted by Gasteiger charge is -2.03. The summed E-state index contributed by atoms with van der Waals surface area (Å²) in [5.74, 6) is -0.784. The number of nitrogens with two attached hydrogens (primary N) is 1. The molecule has 4 nitrogen and oxygen atoms in total. The van der Waals surface area contributed by atoms with Crippen molar-refractivity contribution in [3.05, 3.63) is 53.4 Å². The highest BCUT2D eigenvalue weighted by molar-refractivity contribution is 7.21. The predicted octanol–water partition coefficient (Wildman–Crippen LogP) is 3.27. The predicted molar refractivity (Wildman–Crippen MR) is 78.4 cm³/mol. The van der Waals surface area contributed by atoms with Crippen molar-refractivity contribution in [2.75, 3.05) is 11.1 Å². The second-order valence-corrected chi connectivity index (χ2v) is 5.21. The van der Waals surface area contributed by atoms with E-state index in [1.54, 1.807) is 30.5 Å². The second kappa shape index (κ2) is 4.90. The largest absolute Gasteiger partial charge is 0.397 e. The van der Waals surface area contributed by atoms with Crippen molar-refractivity contribution in [2.45, 2.75) is 0 Å². The van der Waals surface area contributed by atoms with E-state index in [0.29, 0.717) is 20.7 Å². The van der Waals surface area contributed by atoms with Crippen LogP contribution >= 0.6 is 11.3 Å². The molecule has 6 heteroatoms. The first-order chi connectivity index (χ1) is 9.66. The van der Waals surface area contributed by atoms with Gasteiger partial charge in [-0.15, -0.1) is 11.3 Å². The van der Waals surface area contributed by atoms with Crippen LogP contribution in [0.1, 0.15) is 9.67 Å². The molecule has 0 saturated carbocycles. The molecule has 20 heavy (non-hydrogen) atoms. The number of amides is 1. The molecule has 3 aromatic rings. The Bertz CT molecular complexity index is 786. The van der Waals surface area contributed by atoms with Gasteiger partial charge in [-0.3, -0.25) is 9.78 Å². The number of nitrogens with one attached hydrogen (secondary N) is 1. The number of halogens is 1. The number of aromatic nitrogens is 1. The van der Waals surface area contributed by atoms with Crippen LogP contribution in [0, 0.1) is 5.82 Å². The fourth-order valence-corrected chi connectivity index (χ4v) is 2.95. The van der Waals surface area contributed by atoms with Gasteiger partial charge < -0.3 is 11.1 Å². The molecule has 1 aromatic carbocycles. The smallest absolute Gasteiger partial charge is 0.267 e. The number of thiophene rings is 1. The summed E-state index contributed by atoms with van der Waals surface area (Å²) in [7, 11) is 0. The van der Waals surface area contributed by atoms with Crippen molar-refractivity contribution in [1.82, 2.24) is 4.98 Å². The van der Waals surface area contributed by atoms with E-state index in [0.717, 1.165) is 0 Å². The molecule has 0 aliphatic rings. The maximum absolute atomic E-state index is 13.7. The summed E-state index contributed by atoms with van der Waals surface area (Å²) < 4.78 is 14.4. The third-order valence-electron chi connectivity index (χ3n) is 2.83. The minimum Gasteiger partial charge on any atom is -0.397 e. The number of rotatable bonds is 2. The summed E-state index contributed by atoms with van der Waals surface area (Å²) in [4.78, 5) is 16.4. The number of hydrogen-bond donors (Lipinski definition) is 2. The molecule has 0 fully saturated rings. The summed E-state index contributed by atoms with van der Waals surface area (Å²) >= 11 is 1.17. The molecule has 0 aliphatic carbocycles. The number of anilines is 2. The van der Waals surface area contributed by atoms with Crippen LogP contribution in [0.15, 0.2) is 42.7 Å². The van der Waals surface area contributed by atoms with Crippen LogP contribution in [0.3, 0.4) is 0 Å². The molecule has 0 radical (unpaired) electrons. The molecular formula is C14H10FN3OS. The van der Waals surface area contributed by atoms with E-state index in [1.165, 1.54) is 23.6 Å². The molecular weight excluding hydrogens is 277 g/mol. The summed E-state index contributed by atoms with van der Waals surface area (Å²) in [6.45, 7) is 0. The van der Waals surface area contributed by atoms with Crippen LogP contribution in [0.25, 0.3) is 10.1 Å². The van der Waals surface area contributed by atoms with E-state index < -0.39 is 5.82 Å². The molecule has 3 N–H and O–H groups in total. The number of fused-ring (bicyclic) bond motifs is 1. The van der Waals surface area contributed by atoms with Crippen molar-refractivity contribution < 1.29 is 9.18 Å². The molecule has 0 unspecified atom stereocenters. The second-order valence-electron chi connectivity index (χ2n) is 4.15. The van der Waals surface area contributed by atoms with Gasteiger partial charge in [0, 0.05) is 10.9 Å². The van der Waals surface area contributed by atoms with Gasteiger partial charge in [-0.2, -0.15) is 0 Å². The molecule has 0 aliphatic heterocycles. The fraction of sp³-hybridized carbons (Fsp3) is 0. The van der Waals surface area contributed by atoms with Gasteiger partial charge in [0.1, 0.15) is 10.7 Å². The SMILES string of the molecule is Nc1c(C(=O)Nc2cccnc2)sc2cccc(F)c12. The normalized spacial score (nSPS) is 10.7. The van der Waals surface area contributed by atoms with E-state index in [2.05, 4.69) is 10.3 Å². The zero-order chi connectivity index (χ0) is 14.1. The lowest BCUT2D eigenvalue weighted by atomic mass is 10.2. The molecule has 0 spiro atoms. The number of carbonyl (C=O) groups is 1. The van der Waals surface area contributed by atoms with Crippen LogP contribution in [0.2, 0.25) is 0 Å². The third-order valence-corrected chi connectivity index (χ3v) is 4.00. The number of pyridine rings is 1. The summed E-state index contributed by atoms with van der Waals surface area (Å²) in [5, 5.41) is 2.99. The Balaban J connectivity index is 2.00. The van der Waals surface area contributed by atoms with Crippen molar-refractivity contribution in [1.29, 1.82) is 0 Å². The monoisotopic (exact) mass is 287 g/mol. The molecule has 2 heterocycles. The number of benzene rings is 1. The van der Waals surface area contributed by atoms with Gasteiger partial charge in [0.05, 0.1) is 23.0 Å². The average Bonchev–Trinajstić information content (AvgIpc) is 2.79. The first-order valence-corrected chi connectivity index (χ1v) is 6.66. The van der Waals surface area contributed by atoms with Gasteiger partial charge in [-0.05, 0) is 24.3 Å². The maximum atomic E-state index is 13.7. The Kier molecular flexibility index (Phi) is 3.08. The zero-order valence-electron chi connectivity index (χ0n) is 10.3. The van der Waals surface area contributed by atoms with E-state index in [4.69, 9.17) is 5.73 Å². The number of carbonyl (C=O) groups excluding carboxylic acids is 1. The number of nitrogens with zero attached hydrogens (tertiary/aromatic N) is 1. The minimum absolute atomic E-state index is 0.171. The Morgan fingerprint density at radius 3 is 2.85 bits per heavy atom. The fourth-order valence-electron chi connectivity index (χ4n) is 1.92. The van der Waals surface area contributed by atoms with E-state index in [9.17, 15) is 9.18 Å². The van der Waals surface area contributed by atoms with Gasteiger partial charge in [-0.25, -0.2) is 4.39 Å². The molecule has 1 amide bonds. The lowest BCUT2D eigenvalue weighted by molar-refractivity contribution is 0.103. The highest BCUT2D eigenvalue weighted by atomic mass is 32.1. The topological polar surface area (TPSA) is 68.0 Å². The van der Waals surface area contributed by atoms with Gasteiger partial charge in [0.2, 0.25) is 0 Å². The van der Waals surface area contributed by atoms with Crippen LogP contribution in [-0.4, -0.2) is 10.9 Å². The van der Waals surface area contributed by atoms with Crippen molar-refractivity contribution in [3.63, 3.8) is 0 Å². The van der Waals surface area contributed by atoms with Crippen molar-refractivity contribution in [2.24, 2.45) is 0 Å². The summed E-state index contributed by atoms with van der Waals surface area (Å²) in [5.41, 5.74) is 6.62. The van der Waals surface area contributed by atoms with Crippen LogP contribution in [0.5, 0.6) is 0 Å². The summed E-state index contributed by atoms with van der Waals surface area (Å²) in [6, 6.07) is 8.09. The molecule has 100 valence electrons. The van der Waals surface area contributed by atoms with Gasteiger partial charge in [0.25, 0.3) is 5.91 Å². The number of nitrogen functional groups attached to an aromatic ring is 1. The van der Waals surface area contributed by atoms with Gasteiger partial charge >= 0.3 is 0 Å². The molecule has 0 atom stereocenters. The standard InChI is InChI=1S/C14H10FN3OS/c15-9-4-1-5-10-11(9)12(16)13(20-10)14(19)18-8-3-2-6-17-7-8/h1-7H,16H2,(H,18,19). The highest BCUT2D eigenvalue weighted by Crippen LogP contribution is 2.35. The Morgan fingerprint density at radius 1 is 1.30 bits per heavy atom. The van der Waals surface area contributed by atoms with Crippen molar-refractivity contribution in [3.8, 4) is 0 Å². The van der Waals surface area contributed by atoms with Gasteiger partial charge in [-0.1, -0.05) is 6.07 Å². The first kappa shape index (κ1) is 12.6. The lowest BCUT2D eigenvalue weighted by Crippen LogP contribution is -2.12. The van der Waals surface area contributed by atoms with Crippen LogP contribution in [-0.2, 0) is 0 Å². The third kappa shape index (κ3) is 2.10. The molecule has 3 rings (SSSR count). The average molecular weight is 287 g/mol. The van der Waals surface area contributed by atoms with E-state index in [1.807, 2.05) is 0 Å². The maximum Gasteiger partial charge on any atom is 0.267 e. The van der Waals surface area contributed by atoms with Crippen LogP contribution < -0.4 is 11.1 Å². The summed E-state index contributed by atoms with van der Waals surface area (Å²) in [6.07, 6.45) is 3.14. The Hall–Kier alpha value is -2.47. The molecule has 2 aromatic heterocycles. The van der Waals surface area contributed by atoms with Crippen molar-refractivity contribution >= 4 is 38.7 Å². The minimum atomic E-state index is -0.420. The first-order valence-electron chi connectivity index (χ1n) is 5.84. The van der Waals surface area contributed by atoms with Crippen LogP contribution in [0.4, 0.5) is 15.8 Å². The van der Waals surface area contributed by atoms with E-state index >= 15 is 0 Å². The zero-order valence-corrected chi connectivity index (χ0v) is 11.1. The quantitative estimate of drug-likeness (QED) is 0.760. The van der Waals surface area contributed by atoms with Gasteiger partial charge in [0.15, 0.2) is 0 Å². The Labute approximate surface area is 118 Å². The Morgan fingerprint density at radius 2 is 2.15 bits per heavy atom. The highest BCUT2D eigenvalue weighted by Gasteiger charge is 2.18. The molecule has 0 bridgehead atoms. The van der Waals surface area contributed by atoms with E-state index in [-0.39, 0.29) is 11.6 Å². The number of hydrogen-bond acceptors (Lipinski definition) is 4. The molecule has 0 saturated heterocycles.